The topological polar surface area (TPSA) is 39.1 Å². The van der Waals surface area contributed by atoms with Gasteiger partial charge in [-0.2, -0.15) is 10.1 Å². The molecular formula is C10H9N3S. The average Bonchev–Trinajstić information content (AvgIpc) is 2.68. The zero-order chi connectivity index (χ0) is 9.80. The van der Waals surface area contributed by atoms with Crippen LogP contribution in [0.5, 0.6) is 0 Å². The summed E-state index contributed by atoms with van der Waals surface area (Å²) in [6.07, 6.45) is 1.95. The van der Waals surface area contributed by atoms with Gasteiger partial charge >= 0.3 is 0 Å². The number of nitrogens with zero attached hydrogens (tertiary/aromatic N) is 2. The molecule has 4 heteroatoms. The number of nitrogens with one attached hydrogen (secondary N) is 1. The molecule has 1 heterocycles. The number of hydrogen-bond acceptors (Lipinski definition) is 4. The van der Waals surface area contributed by atoms with Crippen molar-refractivity contribution in [1.82, 2.24) is 9.84 Å². The van der Waals surface area contributed by atoms with Crippen molar-refractivity contribution in [3.05, 3.63) is 42.1 Å². The number of hydrogen-bond donors (Lipinski definition) is 1. The minimum Gasteiger partial charge on any atom is -0.290 e. The van der Waals surface area contributed by atoms with Crippen molar-refractivity contribution in [3.8, 4) is 6.07 Å². The van der Waals surface area contributed by atoms with E-state index in [2.05, 4.69) is 23.0 Å². The highest BCUT2D eigenvalue weighted by Crippen LogP contribution is 2.29. The summed E-state index contributed by atoms with van der Waals surface area (Å²) in [5.41, 5.74) is 1.17. The second-order valence-corrected chi connectivity index (χ2v) is 3.67. The summed E-state index contributed by atoms with van der Waals surface area (Å²) in [5, 5.41) is 10.3. The SMILES string of the molecule is N#CCN1C=C(c2ccccc2)SN1. The van der Waals surface area contributed by atoms with E-state index in [0.29, 0.717) is 6.54 Å². The van der Waals surface area contributed by atoms with E-state index >= 15 is 0 Å². The van der Waals surface area contributed by atoms with Gasteiger partial charge in [0.25, 0.3) is 0 Å². The standard InChI is InChI=1S/C10H9N3S/c11-6-7-13-8-10(14-12-13)9-4-2-1-3-5-9/h1-5,8,12H,7H2. The van der Waals surface area contributed by atoms with Crippen LogP contribution in [0.2, 0.25) is 0 Å². The van der Waals surface area contributed by atoms with Gasteiger partial charge in [-0.3, -0.25) is 5.01 Å². The fourth-order valence-corrected chi connectivity index (χ4v) is 1.96. The van der Waals surface area contributed by atoms with Crippen LogP contribution in [0.3, 0.4) is 0 Å². The molecule has 0 saturated carbocycles. The van der Waals surface area contributed by atoms with Crippen LogP contribution in [0.25, 0.3) is 4.91 Å². The van der Waals surface area contributed by atoms with E-state index in [9.17, 15) is 0 Å². The van der Waals surface area contributed by atoms with Gasteiger partial charge < -0.3 is 0 Å². The number of benzene rings is 1. The third-order valence-corrected chi connectivity index (χ3v) is 2.73. The Bertz CT molecular complexity index is 380. The van der Waals surface area contributed by atoms with E-state index in [1.54, 1.807) is 5.01 Å². The molecule has 1 aliphatic heterocycles. The summed E-state index contributed by atoms with van der Waals surface area (Å²) >= 11 is 1.53. The van der Waals surface area contributed by atoms with Gasteiger partial charge in [-0.15, -0.1) is 0 Å². The van der Waals surface area contributed by atoms with Gasteiger partial charge in [0.1, 0.15) is 6.54 Å². The highest BCUT2D eigenvalue weighted by Gasteiger charge is 2.12. The molecule has 0 fully saturated rings. The minimum atomic E-state index is 0.364. The van der Waals surface area contributed by atoms with E-state index in [0.717, 1.165) is 4.91 Å². The predicted octanol–water partition coefficient (Wildman–Crippen LogP) is 1.98. The quantitative estimate of drug-likeness (QED) is 0.589. The number of rotatable bonds is 2. The molecule has 0 unspecified atom stereocenters. The first-order chi connectivity index (χ1) is 6.90. The lowest BCUT2D eigenvalue weighted by Gasteiger charge is -2.07. The lowest BCUT2D eigenvalue weighted by Crippen LogP contribution is -2.23. The molecule has 1 aliphatic rings. The molecule has 14 heavy (non-hydrogen) atoms. The van der Waals surface area contributed by atoms with Gasteiger partial charge in [0.05, 0.1) is 6.07 Å². The summed E-state index contributed by atoms with van der Waals surface area (Å²) in [7, 11) is 0. The van der Waals surface area contributed by atoms with E-state index in [1.165, 1.54) is 17.5 Å². The van der Waals surface area contributed by atoms with Crippen molar-refractivity contribution in [2.45, 2.75) is 0 Å². The summed E-state index contributed by atoms with van der Waals surface area (Å²) in [5.74, 6) is 0. The molecule has 0 saturated heterocycles. The Kier molecular flexibility index (Phi) is 2.73. The van der Waals surface area contributed by atoms with Crippen LogP contribution in [0.1, 0.15) is 5.56 Å². The van der Waals surface area contributed by atoms with Gasteiger partial charge in [-0.1, -0.05) is 30.3 Å². The normalized spacial score (nSPS) is 15.1. The van der Waals surface area contributed by atoms with E-state index < -0.39 is 0 Å². The van der Waals surface area contributed by atoms with Crippen LogP contribution in [0, 0.1) is 11.3 Å². The molecule has 0 atom stereocenters. The molecule has 0 amide bonds. The third-order valence-electron chi connectivity index (χ3n) is 1.85. The van der Waals surface area contributed by atoms with Crippen LogP contribution in [0.15, 0.2) is 36.5 Å². The Morgan fingerprint density at radius 1 is 1.36 bits per heavy atom. The second-order valence-electron chi connectivity index (χ2n) is 2.84. The molecule has 0 aromatic heterocycles. The Morgan fingerprint density at radius 3 is 2.86 bits per heavy atom. The third kappa shape index (κ3) is 1.90. The average molecular weight is 203 g/mol. The molecule has 1 aromatic carbocycles. The second kappa shape index (κ2) is 4.18. The van der Waals surface area contributed by atoms with Crippen molar-refractivity contribution >= 4 is 16.9 Å². The Labute approximate surface area is 87.1 Å². The summed E-state index contributed by atoms with van der Waals surface area (Å²) < 4.78 is 0. The first-order valence-electron chi connectivity index (χ1n) is 4.23. The maximum absolute atomic E-state index is 8.51. The molecule has 3 nitrogen and oxygen atoms in total. The molecule has 0 aliphatic carbocycles. The Hall–Kier alpha value is -1.44. The smallest absolute Gasteiger partial charge is 0.121 e. The molecule has 2 rings (SSSR count). The summed E-state index contributed by atoms with van der Waals surface area (Å²) in [6.45, 7) is 0.364. The fraction of sp³-hybridized carbons (Fsp3) is 0.100. The van der Waals surface area contributed by atoms with Crippen molar-refractivity contribution < 1.29 is 0 Å². The molecular weight excluding hydrogens is 194 g/mol. The van der Waals surface area contributed by atoms with Gasteiger partial charge in [0, 0.05) is 11.1 Å². The van der Waals surface area contributed by atoms with Gasteiger partial charge in [0.2, 0.25) is 0 Å². The lowest BCUT2D eigenvalue weighted by molar-refractivity contribution is 0.407. The van der Waals surface area contributed by atoms with Crippen molar-refractivity contribution in [2.24, 2.45) is 0 Å². The largest absolute Gasteiger partial charge is 0.290 e. The van der Waals surface area contributed by atoms with Crippen LogP contribution in [0.4, 0.5) is 0 Å². The van der Waals surface area contributed by atoms with Crippen molar-refractivity contribution in [2.75, 3.05) is 6.54 Å². The molecule has 0 bridgehead atoms. The summed E-state index contributed by atoms with van der Waals surface area (Å²) in [6, 6.07) is 12.2. The summed E-state index contributed by atoms with van der Waals surface area (Å²) in [4.78, 5) is 4.18. The first kappa shape index (κ1) is 9.13. The molecule has 70 valence electrons. The lowest BCUT2D eigenvalue weighted by atomic mass is 10.2. The van der Waals surface area contributed by atoms with Crippen molar-refractivity contribution in [1.29, 1.82) is 5.26 Å². The van der Waals surface area contributed by atoms with Crippen LogP contribution in [-0.4, -0.2) is 11.6 Å². The van der Waals surface area contributed by atoms with Crippen molar-refractivity contribution in [3.63, 3.8) is 0 Å². The zero-order valence-electron chi connectivity index (χ0n) is 7.47. The molecule has 1 aromatic rings. The highest BCUT2D eigenvalue weighted by molar-refractivity contribution is 8.06. The maximum atomic E-state index is 8.51. The van der Waals surface area contributed by atoms with E-state index in [4.69, 9.17) is 5.26 Å². The van der Waals surface area contributed by atoms with E-state index in [-0.39, 0.29) is 0 Å². The minimum absolute atomic E-state index is 0.364. The Morgan fingerprint density at radius 2 is 2.14 bits per heavy atom. The molecule has 0 spiro atoms. The molecule has 1 N–H and O–H groups in total. The predicted molar refractivity (Wildman–Crippen MR) is 57.5 cm³/mol. The van der Waals surface area contributed by atoms with E-state index in [1.807, 2.05) is 24.4 Å². The van der Waals surface area contributed by atoms with Crippen LogP contribution in [-0.2, 0) is 0 Å². The molecule has 0 radical (unpaired) electrons. The van der Waals surface area contributed by atoms with Crippen LogP contribution >= 0.6 is 11.9 Å². The number of hydrazine groups is 1. The zero-order valence-corrected chi connectivity index (χ0v) is 8.29. The first-order valence-corrected chi connectivity index (χ1v) is 5.05. The van der Waals surface area contributed by atoms with Gasteiger partial charge in [-0.05, 0) is 17.5 Å². The fourth-order valence-electron chi connectivity index (χ4n) is 1.19. The van der Waals surface area contributed by atoms with Gasteiger partial charge in [-0.25, -0.2) is 0 Å². The van der Waals surface area contributed by atoms with Gasteiger partial charge in [0.15, 0.2) is 0 Å². The maximum Gasteiger partial charge on any atom is 0.121 e. The monoisotopic (exact) mass is 203 g/mol. The highest BCUT2D eigenvalue weighted by atomic mass is 32.2. The van der Waals surface area contributed by atoms with Crippen LogP contribution < -0.4 is 4.83 Å². The Balaban J connectivity index is 2.15. The number of nitriles is 1.